The standard InChI is InChI=1S/C34H33F3N6O/c1-22-6-7-25(18-30(22)41-32-20-31(24-8-10-38-11-9-24)40-29-5-3-4-28(29)32)33(44)39-27-17-23(16-26(19-27)34(35,36)37)21-43-14-12-42(2)13-15-43/h3-4,6-11,16-20H,5,12-15,21H2,1-2H3,(H,39,44)(H,40,41). The van der Waals surface area contributed by atoms with Gasteiger partial charge in [0.2, 0.25) is 0 Å². The topological polar surface area (TPSA) is 73.4 Å². The van der Waals surface area contributed by atoms with Crippen LogP contribution in [0.3, 0.4) is 0 Å². The highest BCUT2D eigenvalue weighted by Crippen LogP contribution is 2.35. The van der Waals surface area contributed by atoms with Gasteiger partial charge in [-0.1, -0.05) is 18.2 Å². The Morgan fingerprint density at radius 2 is 1.73 bits per heavy atom. The van der Waals surface area contributed by atoms with E-state index in [0.29, 0.717) is 23.4 Å². The second kappa shape index (κ2) is 12.2. The largest absolute Gasteiger partial charge is 0.416 e. The van der Waals surface area contributed by atoms with E-state index in [2.05, 4.69) is 31.5 Å². The van der Waals surface area contributed by atoms with Crippen LogP contribution in [-0.4, -0.2) is 58.9 Å². The van der Waals surface area contributed by atoms with Crippen molar-refractivity contribution in [2.45, 2.75) is 26.1 Å². The molecule has 1 aliphatic heterocycles. The van der Waals surface area contributed by atoms with Crippen molar-refractivity contribution in [3.63, 3.8) is 0 Å². The van der Waals surface area contributed by atoms with Crippen LogP contribution >= 0.6 is 0 Å². The zero-order chi connectivity index (χ0) is 30.8. The molecule has 0 spiro atoms. The Morgan fingerprint density at radius 1 is 0.955 bits per heavy atom. The molecule has 7 nitrogen and oxygen atoms in total. The van der Waals surface area contributed by atoms with E-state index in [1.165, 1.54) is 6.07 Å². The molecule has 0 atom stereocenters. The van der Waals surface area contributed by atoms with Crippen LogP contribution in [0.25, 0.3) is 17.3 Å². The van der Waals surface area contributed by atoms with Gasteiger partial charge in [0, 0.05) is 85.3 Å². The van der Waals surface area contributed by atoms with Crippen molar-refractivity contribution in [2.24, 2.45) is 0 Å². The van der Waals surface area contributed by atoms with Gasteiger partial charge in [-0.2, -0.15) is 13.2 Å². The van der Waals surface area contributed by atoms with Crippen LogP contribution in [0.1, 0.15) is 38.3 Å². The van der Waals surface area contributed by atoms with Gasteiger partial charge in [-0.25, -0.2) is 0 Å². The second-order valence-corrected chi connectivity index (χ2v) is 11.4. The number of rotatable bonds is 7. The van der Waals surface area contributed by atoms with E-state index in [1.807, 2.05) is 44.3 Å². The third-order valence-electron chi connectivity index (χ3n) is 8.06. The molecule has 6 rings (SSSR count). The number of nitrogens with one attached hydrogen (secondary N) is 2. The van der Waals surface area contributed by atoms with Crippen LogP contribution in [0.15, 0.2) is 73.1 Å². The number of amides is 1. The summed E-state index contributed by atoms with van der Waals surface area (Å²) in [6.07, 6.45) is 3.72. The van der Waals surface area contributed by atoms with Gasteiger partial charge >= 0.3 is 6.18 Å². The maximum absolute atomic E-state index is 13.8. The average molecular weight is 599 g/mol. The van der Waals surface area contributed by atoms with Crippen molar-refractivity contribution in [2.75, 3.05) is 43.9 Å². The first-order valence-electron chi connectivity index (χ1n) is 14.5. The van der Waals surface area contributed by atoms with Gasteiger partial charge in [0.15, 0.2) is 0 Å². The molecule has 10 heteroatoms. The first-order chi connectivity index (χ1) is 21.1. The minimum atomic E-state index is -4.53. The van der Waals surface area contributed by atoms with Gasteiger partial charge in [-0.3, -0.25) is 19.7 Å². The van der Waals surface area contributed by atoms with E-state index < -0.39 is 17.6 Å². The molecule has 1 aliphatic carbocycles. The lowest BCUT2D eigenvalue weighted by atomic mass is 10.1. The number of allylic oxidation sites excluding steroid dienone is 1. The van der Waals surface area contributed by atoms with Gasteiger partial charge in [-0.15, -0.1) is 0 Å². The molecule has 1 amide bonds. The van der Waals surface area contributed by atoms with Crippen LogP contribution in [0, 0.1) is 6.92 Å². The number of carbonyl (C=O) groups excluding carboxylic acids is 1. The predicted molar refractivity (Wildman–Crippen MR) is 167 cm³/mol. The van der Waals surface area contributed by atoms with E-state index in [0.717, 1.165) is 72.4 Å². The lowest BCUT2D eigenvalue weighted by molar-refractivity contribution is -0.137. The third-order valence-corrected chi connectivity index (χ3v) is 8.06. The monoisotopic (exact) mass is 598 g/mol. The molecule has 0 radical (unpaired) electrons. The Balaban J connectivity index is 1.25. The molecule has 226 valence electrons. The molecule has 1 saturated heterocycles. The van der Waals surface area contributed by atoms with E-state index in [9.17, 15) is 18.0 Å². The summed E-state index contributed by atoms with van der Waals surface area (Å²) in [5.41, 5.74) is 6.32. The molecule has 2 aromatic carbocycles. The van der Waals surface area contributed by atoms with E-state index in [-0.39, 0.29) is 5.69 Å². The Morgan fingerprint density at radius 3 is 2.48 bits per heavy atom. The highest BCUT2D eigenvalue weighted by molar-refractivity contribution is 6.05. The van der Waals surface area contributed by atoms with Crippen molar-refractivity contribution in [3.8, 4) is 11.3 Å². The number of fused-ring (bicyclic) bond motifs is 1. The van der Waals surface area contributed by atoms with Gasteiger partial charge in [0.25, 0.3) is 5.91 Å². The van der Waals surface area contributed by atoms with Crippen molar-refractivity contribution in [1.29, 1.82) is 0 Å². The molecule has 0 saturated carbocycles. The van der Waals surface area contributed by atoms with Gasteiger partial charge in [-0.05, 0) is 73.6 Å². The first kappa shape index (κ1) is 29.5. The maximum Gasteiger partial charge on any atom is 0.416 e. The Hall–Kier alpha value is -4.54. The number of hydrogen-bond acceptors (Lipinski definition) is 6. The molecule has 3 heterocycles. The zero-order valence-corrected chi connectivity index (χ0v) is 24.6. The summed E-state index contributed by atoms with van der Waals surface area (Å²) in [7, 11) is 2.03. The molecule has 0 unspecified atom stereocenters. The number of alkyl halides is 3. The molecule has 44 heavy (non-hydrogen) atoms. The number of aromatic nitrogens is 2. The molecule has 4 aromatic rings. The molecular formula is C34H33F3N6O. The van der Waals surface area contributed by atoms with Crippen LogP contribution < -0.4 is 10.6 Å². The highest BCUT2D eigenvalue weighted by atomic mass is 19.4. The van der Waals surface area contributed by atoms with Crippen LogP contribution in [0.4, 0.5) is 30.2 Å². The molecule has 1 fully saturated rings. The van der Waals surface area contributed by atoms with Gasteiger partial charge in [0.1, 0.15) is 0 Å². The minimum Gasteiger partial charge on any atom is -0.355 e. The lowest BCUT2D eigenvalue weighted by Crippen LogP contribution is -2.43. The first-order valence-corrected chi connectivity index (χ1v) is 14.5. The summed E-state index contributed by atoms with van der Waals surface area (Å²) in [6.45, 7) is 5.57. The van der Waals surface area contributed by atoms with E-state index in [1.54, 1.807) is 30.6 Å². The molecule has 0 bridgehead atoms. The molecule has 2 aromatic heterocycles. The number of benzene rings is 2. The lowest BCUT2D eigenvalue weighted by Gasteiger charge is -2.32. The number of likely N-dealkylation sites (N-methyl/N-ethyl adjacent to an activating group) is 1. The molecular weight excluding hydrogens is 565 g/mol. The van der Waals surface area contributed by atoms with E-state index >= 15 is 0 Å². The Labute approximate surface area is 254 Å². The van der Waals surface area contributed by atoms with Gasteiger partial charge in [0.05, 0.1) is 17.0 Å². The summed E-state index contributed by atoms with van der Waals surface area (Å²) in [4.78, 5) is 26.6. The Kier molecular flexibility index (Phi) is 8.20. The summed E-state index contributed by atoms with van der Waals surface area (Å²) in [5.74, 6) is -0.491. The fourth-order valence-corrected chi connectivity index (χ4v) is 5.54. The SMILES string of the molecule is Cc1ccc(C(=O)Nc2cc(CN3CCN(C)CC3)cc(C(F)(F)F)c2)cc1Nc1cc(-c2ccncc2)nc2c1C=CC2. The smallest absolute Gasteiger partial charge is 0.355 e. The average Bonchev–Trinajstić information content (AvgIpc) is 3.48. The van der Waals surface area contributed by atoms with Crippen LogP contribution in [-0.2, 0) is 19.1 Å². The predicted octanol–water partition coefficient (Wildman–Crippen LogP) is 6.78. The highest BCUT2D eigenvalue weighted by Gasteiger charge is 2.31. The van der Waals surface area contributed by atoms with Crippen molar-refractivity contribution in [3.05, 3.63) is 107 Å². The molecule has 2 aliphatic rings. The Bertz CT molecular complexity index is 1710. The van der Waals surface area contributed by atoms with Crippen LogP contribution in [0.5, 0.6) is 0 Å². The summed E-state index contributed by atoms with van der Waals surface area (Å²) >= 11 is 0. The van der Waals surface area contributed by atoms with Crippen LogP contribution in [0.2, 0.25) is 0 Å². The number of hydrogen-bond donors (Lipinski definition) is 2. The minimum absolute atomic E-state index is 0.114. The number of carbonyl (C=O) groups is 1. The van der Waals surface area contributed by atoms with Crippen molar-refractivity contribution < 1.29 is 18.0 Å². The van der Waals surface area contributed by atoms with Crippen molar-refractivity contribution in [1.82, 2.24) is 19.8 Å². The number of anilines is 3. The number of piperazine rings is 1. The fraction of sp³-hybridized carbons (Fsp3) is 0.265. The summed E-state index contributed by atoms with van der Waals surface area (Å²) in [6, 6.07) is 14.8. The number of nitrogens with zero attached hydrogens (tertiary/aromatic N) is 4. The molecule has 2 N–H and O–H groups in total. The number of halogens is 3. The van der Waals surface area contributed by atoms with E-state index in [4.69, 9.17) is 4.98 Å². The normalized spacial score (nSPS) is 15.3. The quantitative estimate of drug-likeness (QED) is 0.244. The zero-order valence-electron chi connectivity index (χ0n) is 24.6. The number of aryl methyl sites for hydroxylation is 1. The van der Waals surface area contributed by atoms with Gasteiger partial charge < -0.3 is 15.5 Å². The maximum atomic E-state index is 13.8. The third kappa shape index (κ3) is 6.66. The summed E-state index contributed by atoms with van der Waals surface area (Å²) < 4.78 is 41.5. The second-order valence-electron chi connectivity index (χ2n) is 11.4. The number of pyridine rings is 2. The van der Waals surface area contributed by atoms with Crippen molar-refractivity contribution >= 4 is 29.0 Å². The fourth-order valence-electron chi connectivity index (χ4n) is 5.54. The summed E-state index contributed by atoms with van der Waals surface area (Å²) in [5, 5.41) is 6.20.